The molecule has 0 radical (unpaired) electrons. The van der Waals surface area contributed by atoms with Gasteiger partial charge in [0, 0.05) is 22.9 Å². The van der Waals surface area contributed by atoms with Crippen LogP contribution in [0.15, 0.2) is 82.7 Å². The zero-order valence-corrected chi connectivity index (χ0v) is 19.8. The number of carbonyl (C=O) groups excluding carboxylic acids is 1. The van der Waals surface area contributed by atoms with E-state index < -0.39 is 0 Å². The number of amides is 1. The summed E-state index contributed by atoms with van der Waals surface area (Å²) in [7, 11) is 0. The number of fused-ring (bicyclic) bond motifs is 1. The fourth-order valence-corrected chi connectivity index (χ4v) is 4.51. The molecular formula is C26H24ClN3O2S. The van der Waals surface area contributed by atoms with Crippen LogP contribution in [0, 0.1) is 0 Å². The topological polar surface area (TPSA) is 64.0 Å². The van der Waals surface area contributed by atoms with Crippen LogP contribution in [0.1, 0.15) is 34.8 Å². The van der Waals surface area contributed by atoms with Gasteiger partial charge in [0.25, 0.3) is 11.5 Å². The van der Waals surface area contributed by atoms with Gasteiger partial charge in [-0.05, 0) is 47.9 Å². The van der Waals surface area contributed by atoms with Crippen molar-refractivity contribution in [3.63, 3.8) is 0 Å². The molecule has 1 amide bonds. The van der Waals surface area contributed by atoms with Gasteiger partial charge in [0.1, 0.15) is 0 Å². The molecule has 0 aliphatic heterocycles. The van der Waals surface area contributed by atoms with Crippen molar-refractivity contribution in [3.8, 4) is 0 Å². The molecule has 0 aliphatic carbocycles. The van der Waals surface area contributed by atoms with Gasteiger partial charge in [-0.1, -0.05) is 72.8 Å². The van der Waals surface area contributed by atoms with E-state index in [0.29, 0.717) is 45.5 Å². The highest BCUT2D eigenvalue weighted by molar-refractivity contribution is 7.98. The van der Waals surface area contributed by atoms with E-state index in [9.17, 15) is 9.59 Å². The first-order valence-electron chi connectivity index (χ1n) is 10.8. The molecule has 0 unspecified atom stereocenters. The Hall–Kier alpha value is -3.09. The van der Waals surface area contributed by atoms with Crippen LogP contribution in [0.2, 0.25) is 5.02 Å². The van der Waals surface area contributed by atoms with Gasteiger partial charge < -0.3 is 5.32 Å². The fourth-order valence-electron chi connectivity index (χ4n) is 3.43. The summed E-state index contributed by atoms with van der Waals surface area (Å²) in [6, 6.07) is 22.5. The molecule has 3 aromatic carbocycles. The minimum Gasteiger partial charge on any atom is -0.352 e. The van der Waals surface area contributed by atoms with Gasteiger partial charge in [-0.3, -0.25) is 14.2 Å². The number of hydrogen-bond acceptors (Lipinski definition) is 4. The van der Waals surface area contributed by atoms with E-state index in [0.717, 1.165) is 17.5 Å². The average molecular weight is 478 g/mol. The van der Waals surface area contributed by atoms with Crippen molar-refractivity contribution >= 4 is 40.2 Å². The van der Waals surface area contributed by atoms with Crippen molar-refractivity contribution < 1.29 is 4.79 Å². The van der Waals surface area contributed by atoms with E-state index in [1.54, 1.807) is 22.8 Å². The molecule has 0 bridgehead atoms. The Morgan fingerprint density at radius 1 is 1.03 bits per heavy atom. The van der Waals surface area contributed by atoms with Gasteiger partial charge >= 0.3 is 0 Å². The van der Waals surface area contributed by atoms with Crippen LogP contribution in [0.25, 0.3) is 10.9 Å². The van der Waals surface area contributed by atoms with Gasteiger partial charge in [0.05, 0.1) is 17.4 Å². The van der Waals surface area contributed by atoms with Gasteiger partial charge in [-0.2, -0.15) is 0 Å². The number of nitrogens with one attached hydrogen (secondary N) is 1. The van der Waals surface area contributed by atoms with E-state index in [1.165, 1.54) is 11.8 Å². The second-order valence-corrected chi connectivity index (χ2v) is 9.05. The quantitative estimate of drug-likeness (QED) is 0.267. The van der Waals surface area contributed by atoms with Crippen LogP contribution in [0.4, 0.5) is 0 Å². The van der Waals surface area contributed by atoms with Crippen LogP contribution >= 0.6 is 23.4 Å². The second kappa shape index (κ2) is 10.7. The SMILES string of the molecule is CCCNC(=O)c1ccc2c(=O)n(Cc3ccccc3)c(SCc3ccc(Cl)cc3)nc2c1. The summed E-state index contributed by atoms with van der Waals surface area (Å²) in [6.07, 6.45) is 0.854. The Bertz CT molecular complexity index is 1320. The van der Waals surface area contributed by atoms with Crippen LogP contribution < -0.4 is 10.9 Å². The van der Waals surface area contributed by atoms with Crippen LogP contribution in [0.5, 0.6) is 0 Å². The number of halogens is 1. The molecule has 4 aromatic rings. The first-order valence-corrected chi connectivity index (χ1v) is 12.2. The lowest BCUT2D eigenvalue weighted by molar-refractivity contribution is 0.0954. The molecule has 0 aliphatic rings. The summed E-state index contributed by atoms with van der Waals surface area (Å²) in [6.45, 7) is 3.02. The van der Waals surface area contributed by atoms with E-state index in [4.69, 9.17) is 16.6 Å². The number of benzene rings is 3. The third-order valence-electron chi connectivity index (χ3n) is 5.18. The zero-order valence-electron chi connectivity index (χ0n) is 18.3. The van der Waals surface area contributed by atoms with Crippen molar-refractivity contribution in [2.75, 3.05) is 6.54 Å². The van der Waals surface area contributed by atoms with Gasteiger partial charge in [0.15, 0.2) is 5.16 Å². The standard InChI is InChI=1S/C26H24ClN3O2S/c1-2-14-28-24(31)20-10-13-22-23(15-20)29-26(33-17-19-8-11-21(27)12-9-19)30(25(22)32)16-18-6-4-3-5-7-18/h3-13,15H,2,14,16-17H2,1H3,(H,28,31). The Labute approximate surface area is 201 Å². The Morgan fingerprint density at radius 3 is 2.52 bits per heavy atom. The van der Waals surface area contributed by atoms with Crippen molar-refractivity contribution in [1.29, 1.82) is 0 Å². The van der Waals surface area contributed by atoms with Crippen LogP contribution in [0.3, 0.4) is 0 Å². The molecule has 168 valence electrons. The number of aromatic nitrogens is 2. The van der Waals surface area contributed by atoms with Crippen LogP contribution in [-0.2, 0) is 12.3 Å². The first kappa shape index (κ1) is 23.1. The monoisotopic (exact) mass is 477 g/mol. The van der Waals surface area contributed by atoms with Gasteiger partial charge in [0.2, 0.25) is 0 Å². The van der Waals surface area contributed by atoms with Crippen molar-refractivity contribution in [1.82, 2.24) is 14.9 Å². The van der Waals surface area contributed by atoms with Crippen molar-refractivity contribution in [2.45, 2.75) is 30.8 Å². The largest absolute Gasteiger partial charge is 0.352 e. The van der Waals surface area contributed by atoms with Crippen LogP contribution in [-0.4, -0.2) is 22.0 Å². The van der Waals surface area contributed by atoms with E-state index in [2.05, 4.69) is 5.32 Å². The fraction of sp³-hybridized carbons (Fsp3) is 0.192. The summed E-state index contributed by atoms with van der Waals surface area (Å²) >= 11 is 7.50. The van der Waals surface area contributed by atoms with Gasteiger partial charge in [-0.25, -0.2) is 4.98 Å². The molecule has 33 heavy (non-hydrogen) atoms. The minimum atomic E-state index is -0.163. The van der Waals surface area contributed by atoms with E-state index >= 15 is 0 Å². The lowest BCUT2D eigenvalue weighted by Crippen LogP contribution is -2.26. The summed E-state index contributed by atoms with van der Waals surface area (Å²) in [5.74, 6) is 0.477. The number of rotatable bonds is 8. The number of hydrogen-bond donors (Lipinski definition) is 1. The Kier molecular flexibility index (Phi) is 7.47. The van der Waals surface area contributed by atoms with Crippen molar-refractivity contribution in [2.24, 2.45) is 0 Å². The lowest BCUT2D eigenvalue weighted by atomic mass is 10.1. The zero-order chi connectivity index (χ0) is 23.2. The highest BCUT2D eigenvalue weighted by atomic mass is 35.5. The third kappa shape index (κ3) is 5.64. The molecule has 1 N–H and O–H groups in total. The van der Waals surface area contributed by atoms with Gasteiger partial charge in [-0.15, -0.1) is 0 Å². The van der Waals surface area contributed by atoms with E-state index in [1.807, 2.05) is 61.5 Å². The molecule has 5 nitrogen and oxygen atoms in total. The average Bonchev–Trinajstić information content (AvgIpc) is 2.84. The summed E-state index contributed by atoms with van der Waals surface area (Å²) in [5, 5.41) is 4.66. The highest BCUT2D eigenvalue weighted by Crippen LogP contribution is 2.24. The maximum Gasteiger partial charge on any atom is 0.262 e. The minimum absolute atomic E-state index is 0.122. The Balaban J connectivity index is 1.74. The first-order chi connectivity index (χ1) is 16.0. The maximum atomic E-state index is 13.5. The predicted octanol–water partition coefficient (Wildman–Crippen LogP) is 5.53. The van der Waals surface area contributed by atoms with Crippen molar-refractivity contribution in [3.05, 3.63) is 105 Å². The summed E-state index contributed by atoms with van der Waals surface area (Å²) in [4.78, 5) is 30.7. The molecule has 0 fully saturated rings. The number of thioether (sulfide) groups is 1. The maximum absolute atomic E-state index is 13.5. The summed E-state index contributed by atoms with van der Waals surface area (Å²) in [5.41, 5.74) is 3.00. The second-order valence-electron chi connectivity index (χ2n) is 7.67. The molecule has 0 saturated heterocycles. The third-order valence-corrected chi connectivity index (χ3v) is 6.48. The normalized spacial score (nSPS) is 11.0. The number of carbonyl (C=O) groups is 1. The molecule has 0 atom stereocenters. The molecular weight excluding hydrogens is 454 g/mol. The molecule has 1 aromatic heterocycles. The molecule has 4 rings (SSSR count). The molecule has 0 spiro atoms. The molecule has 7 heteroatoms. The summed E-state index contributed by atoms with van der Waals surface area (Å²) < 4.78 is 1.70. The highest BCUT2D eigenvalue weighted by Gasteiger charge is 2.15. The Morgan fingerprint density at radius 2 is 1.79 bits per heavy atom. The molecule has 0 saturated carbocycles. The van der Waals surface area contributed by atoms with E-state index in [-0.39, 0.29) is 11.5 Å². The number of nitrogens with zero attached hydrogens (tertiary/aromatic N) is 2. The lowest BCUT2D eigenvalue weighted by Gasteiger charge is -2.14. The molecule has 1 heterocycles. The smallest absolute Gasteiger partial charge is 0.262 e. The predicted molar refractivity (Wildman–Crippen MR) is 135 cm³/mol.